The Morgan fingerprint density at radius 2 is 1.00 bits per heavy atom. The maximum atomic E-state index is 11.9. The van der Waals surface area contributed by atoms with Crippen molar-refractivity contribution in [3.8, 4) is 0 Å². The molecule has 0 fully saturated rings. The first-order valence-electron chi connectivity index (χ1n) is 7.39. The van der Waals surface area contributed by atoms with Crippen molar-refractivity contribution in [2.24, 2.45) is 0 Å². The lowest BCUT2D eigenvalue weighted by molar-refractivity contribution is -0.484. The summed E-state index contributed by atoms with van der Waals surface area (Å²) in [6.07, 6.45) is 1.83. The van der Waals surface area contributed by atoms with E-state index in [9.17, 15) is 30.6 Å². The van der Waals surface area contributed by atoms with Gasteiger partial charge in [0.1, 0.15) is 0 Å². The van der Waals surface area contributed by atoms with Crippen LogP contribution >= 0.6 is 0 Å². The zero-order chi connectivity index (χ0) is 19.1. The van der Waals surface area contributed by atoms with Crippen molar-refractivity contribution in [3.63, 3.8) is 0 Å². The Morgan fingerprint density at radius 3 is 1.35 bits per heavy atom. The molecule has 134 valence electrons. The number of hydrogen-bond donors (Lipinski definition) is 0. The largest absolute Gasteiger partial charge is 0.623 e. The lowest BCUT2D eigenvalue weighted by Crippen LogP contribution is -2.13. The molecular weight excluding hydrogens is 344 g/mol. The topological polar surface area (TPSA) is 138 Å². The minimum atomic E-state index is -0.596. The average Bonchev–Trinajstić information content (AvgIpc) is 2.60. The number of nitro benzene ring substituents is 2. The summed E-state index contributed by atoms with van der Waals surface area (Å²) in [4.78, 5) is 20.6. The Hall–Kier alpha value is -3.82. The van der Waals surface area contributed by atoms with E-state index in [1.165, 1.54) is 36.4 Å². The van der Waals surface area contributed by atoms with Gasteiger partial charge in [-0.3, -0.25) is 20.2 Å². The van der Waals surface area contributed by atoms with Crippen LogP contribution in [0.3, 0.4) is 0 Å². The molecule has 0 aromatic heterocycles. The second-order valence-electron chi connectivity index (χ2n) is 5.22. The zero-order valence-electron chi connectivity index (χ0n) is 13.4. The van der Waals surface area contributed by atoms with Crippen molar-refractivity contribution in [1.29, 1.82) is 0 Å². The van der Waals surface area contributed by atoms with Crippen LogP contribution in [0.25, 0.3) is 0 Å². The number of para-hydroxylation sites is 2. The molecule has 10 nitrogen and oxygen atoms in total. The lowest BCUT2D eigenvalue weighted by Gasteiger charge is -2.05. The van der Waals surface area contributed by atoms with E-state index < -0.39 is 9.85 Å². The Labute approximate surface area is 147 Å². The van der Waals surface area contributed by atoms with Gasteiger partial charge in [0.25, 0.3) is 11.4 Å². The first kappa shape index (κ1) is 18.5. The van der Waals surface area contributed by atoms with Gasteiger partial charge in [0.2, 0.25) is 12.4 Å². The smallest absolute Gasteiger partial charge is 0.278 e. The van der Waals surface area contributed by atoms with E-state index in [0.29, 0.717) is 9.48 Å². The molecule has 0 N–H and O–H groups in total. The first-order valence-corrected chi connectivity index (χ1v) is 7.39. The van der Waals surface area contributed by atoms with Crippen LogP contribution in [-0.2, 0) is 13.1 Å². The average molecular weight is 358 g/mol. The Bertz CT molecular complexity index is 820. The molecule has 0 unspecified atom stereocenters. The van der Waals surface area contributed by atoms with Gasteiger partial charge in [0.15, 0.2) is 13.1 Å². The van der Waals surface area contributed by atoms with E-state index in [-0.39, 0.29) is 35.6 Å². The SMILES string of the molecule is O=[N+]([O-])c1ccccc1C/[N+]([O-])=C/C=[N+](\[O-])Cc1ccccc1[N+](=O)[O-]. The van der Waals surface area contributed by atoms with Crippen LogP contribution in [0.1, 0.15) is 11.1 Å². The van der Waals surface area contributed by atoms with Gasteiger partial charge in [-0.05, 0) is 12.1 Å². The third-order valence-electron chi connectivity index (χ3n) is 3.43. The van der Waals surface area contributed by atoms with Crippen molar-refractivity contribution in [1.82, 2.24) is 0 Å². The van der Waals surface area contributed by atoms with Crippen LogP contribution in [0.15, 0.2) is 48.5 Å². The van der Waals surface area contributed by atoms with E-state index >= 15 is 0 Å². The fraction of sp³-hybridized carbons (Fsp3) is 0.125. The Morgan fingerprint density at radius 1 is 0.654 bits per heavy atom. The highest BCUT2D eigenvalue weighted by Crippen LogP contribution is 2.18. The Balaban J connectivity index is 2.13. The summed E-state index contributed by atoms with van der Waals surface area (Å²) in [5.74, 6) is 0. The van der Waals surface area contributed by atoms with Gasteiger partial charge < -0.3 is 10.4 Å². The quantitative estimate of drug-likeness (QED) is 0.245. The molecule has 0 aliphatic heterocycles. The molecule has 2 aromatic rings. The summed E-state index contributed by atoms with van der Waals surface area (Å²) in [5.41, 5.74) is 0.0165. The number of nitrogens with zero attached hydrogens (tertiary/aromatic N) is 4. The van der Waals surface area contributed by atoms with Crippen LogP contribution in [0.5, 0.6) is 0 Å². The van der Waals surface area contributed by atoms with E-state index in [4.69, 9.17) is 0 Å². The third kappa shape index (κ3) is 4.84. The molecule has 0 amide bonds. The number of hydrogen-bond acceptors (Lipinski definition) is 6. The molecule has 26 heavy (non-hydrogen) atoms. The van der Waals surface area contributed by atoms with Gasteiger partial charge in [-0.1, -0.05) is 24.3 Å². The van der Waals surface area contributed by atoms with Crippen molar-refractivity contribution >= 4 is 23.8 Å². The predicted molar refractivity (Wildman–Crippen MR) is 93.0 cm³/mol. The van der Waals surface area contributed by atoms with Crippen molar-refractivity contribution in [2.45, 2.75) is 13.1 Å². The van der Waals surface area contributed by atoms with Gasteiger partial charge in [0.05, 0.1) is 21.0 Å². The summed E-state index contributed by atoms with van der Waals surface area (Å²) in [6.45, 7) is -0.625. The third-order valence-corrected chi connectivity index (χ3v) is 3.43. The number of hydroxylamine groups is 2. The van der Waals surface area contributed by atoms with Crippen LogP contribution < -0.4 is 0 Å². The summed E-state index contributed by atoms with van der Waals surface area (Å²) < 4.78 is 0.735. The van der Waals surface area contributed by atoms with Crippen LogP contribution in [0.2, 0.25) is 0 Å². The predicted octanol–water partition coefficient (Wildman–Crippen LogP) is 2.37. The molecule has 0 saturated carbocycles. The highest BCUT2D eigenvalue weighted by atomic mass is 16.6. The summed E-state index contributed by atoms with van der Waals surface area (Å²) in [7, 11) is 0. The zero-order valence-corrected chi connectivity index (χ0v) is 13.4. The van der Waals surface area contributed by atoms with E-state index in [2.05, 4.69) is 0 Å². The molecule has 0 radical (unpaired) electrons. The molecule has 0 bridgehead atoms. The normalized spacial score (nSPS) is 12.0. The van der Waals surface area contributed by atoms with E-state index in [0.717, 1.165) is 12.4 Å². The number of benzene rings is 2. The number of rotatable bonds is 7. The molecule has 10 heteroatoms. The monoisotopic (exact) mass is 358 g/mol. The summed E-state index contributed by atoms with van der Waals surface area (Å²) >= 11 is 0. The molecule has 0 spiro atoms. The van der Waals surface area contributed by atoms with Crippen molar-refractivity contribution in [2.75, 3.05) is 0 Å². The highest BCUT2D eigenvalue weighted by Gasteiger charge is 2.16. The molecular formula is C16H14N4O6. The standard InChI is InChI=1S/C16H14N4O6/c21-17(11-13-5-1-3-7-15(13)19(23)24)9-10-18(22)12-14-6-2-4-8-16(14)20(25)26/h1-10H,11-12H2/b17-9-,18-10-. The Kier molecular flexibility index (Phi) is 5.93. The number of nitro groups is 2. The molecule has 0 aliphatic rings. The van der Waals surface area contributed by atoms with Gasteiger partial charge in [-0.25, -0.2) is 9.48 Å². The minimum Gasteiger partial charge on any atom is -0.623 e. The van der Waals surface area contributed by atoms with E-state index in [1.54, 1.807) is 12.1 Å². The minimum absolute atomic E-state index is 0.194. The van der Waals surface area contributed by atoms with Gasteiger partial charge in [-0.15, -0.1) is 0 Å². The van der Waals surface area contributed by atoms with Crippen LogP contribution in [0.4, 0.5) is 11.4 Å². The molecule has 0 saturated heterocycles. The molecule has 0 atom stereocenters. The molecule has 0 aliphatic carbocycles. The maximum absolute atomic E-state index is 11.9. The van der Waals surface area contributed by atoms with Gasteiger partial charge in [-0.2, -0.15) is 0 Å². The second-order valence-corrected chi connectivity index (χ2v) is 5.22. The summed E-state index contributed by atoms with van der Waals surface area (Å²) in [5, 5.41) is 45.5. The van der Waals surface area contributed by atoms with Crippen LogP contribution in [0, 0.1) is 30.6 Å². The second kappa shape index (κ2) is 8.33. The van der Waals surface area contributed by atoms with E-state index in [1.807, 2.05) is 0 Å². The highest BCUT2D eigenvalue weighted by molar-refractivity contribution is 6.11. The van der Waals surface area contributed by atoms with Crippen LogP contribution in [-0.4, -0.2) is 31.8 Å². The molecule has 2 aromatic carbocycles. The maximum Gasteiger partial charge on any atom is 0.278 e. The fourth-order valence-electron chi connectivity index (χ4n) is 2.24. The molecule has 0 heterocycles. The van der Waals surface area contributed by atoms with Gasteiger partial charge >= 0.3 is 0 Å². The van der Waals surface area contributed by atoms with Gasteiger partial charge in [0, 0.05) is 12.1 Å². The van der Waals surface area contributed by atoms with Crippen molar-refractivity contribution < 1.29 is 19.3 Å². The fourth-order valence-corrected chi connectivity index (χ4v) is 2.24. The first-order chi connectivity index (χ1) is 12.4. The summed E-state index contributed by atoms with van der Waals surface area (Å²) in [6, 6.07) is 11.5. The lowest BCUT2D eigenvalue weighted by atomic mass is 10.2. The molecule has 2 rings (SSSR count). The van der Waals surface area contributed by atoms with Crippen molar-refractivity contribution in [3.05, 3.63) is 90.3 Å².